The molecule has 0 radical (unpaired) electrons. The molecule has 116 valence electrons. The van der Waals surface area contributed by atoms with Crippen molar-refractivity contribution in [3.8, 4) is 5.75 Å². The van der Waals surface area contributed by atoms with E-state index < -0.39 is 35.8 Å². The minimum atomic E-state index is -4.58. The fourth-order valence-electron chi connectivity index (χ4n) is 1.72. The molecule has 0 aliphatic rings. The van der Waals surface area contributed by atoms with Crippen LogP contribution in [0.4, 0.5) is 23.2 Å². The highest BCUT2D eigenvalue weighted by molar-refractivity contribution is 5.91. The van der Waals surface area contributed by atoms with E-state index in [1.807, 2.05) is 0 Å². The smallest absolute Gasteiger partial charge is 0.419 e. The number of rotatable bonds is 4. The van der Waals surface area contributed by atoms with Gasteiger partial charge < -0.3 is 10.1 Å². The maximum Gasteiger partial charge on any atom is 0.419 e. The van der Waals surface area contributed by atoms with E-state index in [-0.39, 0.29) is 5.69 Å². The van der Waals surface area contributed by atoms with Crippen LogP contribution in [0.25, 0.3) is 0 Å². The number of para-hydroxylation sites is 2. The minimum absolute atomic E-state index is 0.0693. The molecule has 1 amide bonds. The van der Waals surface area contributed by atoms with Crippen LogP contribution in [0.1, 0.15) is 5.56 Å². The first-order valence-corrected chi connectivity index (χ1v) is 6.21. The third kappa shape index (κ3) is 3.97. The monoisotopic (exact) mass is 313 g/mol. The van der Waals surface area contributed by atoms with Crippen molar-refractivity contribution >= 4 is 11.6 Å². The van der Waals surface area contributed by atoms with Gasteiger partial charge >= 0.3 is 6.18 Å². The number of benzene rings is 2. The average Bonchev–Trinajstić information content (AvgIpc) is 2.47. The first-order chi connectivity index (χ1) is 10.4. The second kappa shape index (κ2) is 6.46. The number of nitrogens with one attached hydrogen (secondary N) is 1. The van der Waals surface area contributed by atoms with Crippen LogP contribution in [0.3, 0.4) is 0 Å². The maximum atomic E-state index is 13.3. The van der Waals surface area contributed by atoms with Gasteiger partial charge in [-0.05, 0) is 24.3 Å². The zero-order valence-corrected chi connectivity index (χ0v) is 11.2. The third-order valence-electron chi connectivity index (χ3n) is 2.70. The van der Waals surface area contributed by atoms with Crippen molar-refractivity contribution in [1.82, 2.24) is 0 Å². The molecule has 2 rings (SSSR count). The van der Waals surface area contributed by atoms with E-state index >= 15 is 0 Å². The van der Waals surface area contributed by atoms with Gasteiger partial charge in [-0.1, -0.05) is 24.3 Å². The van der Waals surface area contributed by atoms with Gasteiger partial charge in [0.1, 0.15) is 11.6 Å². The van der Waals surface area contributed by atoms with Crippen molar-refractivity contribution < 1.29 is 27.1 Å². The van der Waals surface area contributed by atoms with Gasteiger partial charge in [0.2, 0.25) is 0 Å². The van der Waals surface area contributed by atoms with Crippen LogP contribution in [0.2, 0.25) is 0 Å². The SMILES string of the molecule is O=C(COc1ccccc1C(F)(F)F)Nc1ccccc1F. The molecule has 0 saturated carbocycles. The first-order valence-electron chi connectivity index (χ1n) is 6.21. The van der Waals surface area contributed by atoms with Crippen molar-refractivity contribution in [2.75, 3.05) is 11.9 Å². The Labute approximate surface area is 123 Å². The third-order valence-corrected chi connectivity index (χ3v) is 2.70. The van der Waals surface area contributed by atoms with E-state index in [2.05, 4.69) is 5.32 Å². The van der Waals surface area contributed by atoms with Crippen LogP contribution in [0.5, 0.6) is 5.75 Å². The summed E-state index contributed by atoms with van der Waals surface area (Å²) in [4.78, 5) is 11.6. The number of hydrogen-bond acceptors (Lipinski definition) is 2. The minimum Gasteiger partial charge on any atom is -0.483 e. The van der Waals surface area contributed by atoms with Crippen LogP contribution in [-0.4, -0.2) is 12.5 Å². The van der Waals surface area contributed by atoms with Crippen molar-refractivity contribution in [3.63, 3.8) is 0 Å². The van der Waals surface area contributed by atoms with Gasteiger partial charge in [-0.15, -0.1) is 0 Å². The van der Waals surface area contributed by atoms with Gasteiger partial charge in [-0.3, -0.25) is 4.79 Å². The second-order valence-electron chi connectivity index (χ2n) is 4.31. The molecule has 0 aromatic heterocycles. The van der Waals surface area contributed by atoms with Crippen LogP contribution >= 0.6 is 0 Å². The molecule has 1 N–H and O–H groups in total. The molecular formula is C15H11F4NO2. The largest absolute Gasteiger partial charge is 0.483 e. The summed E-state index contributed by atoms with van der Waals surface area (Å²) in [6.45, 7) is -0.665. The Morgan fingerprint density at radius 3 is 2.36 bits per heavy atom. The Balaban J connectivity index is 2.02. The summed E-state index contributed by atoms with van der Waals surface area (Å²) in [6, 6.07) is 9.98. The van der Waals surface area contributed by atoms with Crippen molar-refractivity contribution in [3.05, 3.63) is 59.9 Å². The van der Waals surface area contributed by atoms with E-state index in [1.54, 1.807) is 0 Å². The molecule has 0 fully saturated rings. The second-order valence-corrected chi connectivity index (χ2v) is 4.31. The molecular weight excluding hydrogens is 302 g/mol. The summed E-state index contributed by atoms with van der Waals surface area (Å²) in [5.74, 6) is -1.87. The zero-order valence-electron chi connectivity index (χ0n) is 11.2. The molecule has 2 aromatic rings. The van der Waals surface area contributed by atoms with Gasteiger partial charge in [-0.2, -0.15) is 13.2 Å². The summed E-state index contributed by atoms with van der Waals surface area (Å²) in [5.41, 5.74) is -1.05. The zero-order chi connectivity index (χ0) is 16.2. The molecule has 0 aliphatic heterocycles. The lowest BCUT2D eigenvalue weighted by molar-refractivity contribution is -0.139. The van der Waals surface area contributed by atoms with Gasteiger partial charge in [0.05, 0.1) is 11.3 Å². The van der Waals surface area contributed by atoms with Gasteiger partial charge in [-0.25, -0.2) is 4.39 Å². The standard InChI is InChI=1S/C15H11F4NO2/c16-11-6-2-3-7-12(11)20-14(21)9-22-13-8-4-1-5-10(13)15(17,18)19/h1-8H,9H2,(H,20,21). The Bertz CT molecular complexity index is 671. The van der Waals surface area contributed by atoms with Crippen molar-refractivity contribution in [2.45, 2.75) is 6.18 Å². The number of alkyl halides is 3. The molecule has 0 heterocycles. The fourth-order valence-corrected chi connectivity index (χ4v) is 1.72. The van der Waals surface area contributed by atoms with E-state index in [9.17, 15) is 22.4 Å². The normalized spacial score (nSPS) is 11.1. The van der Waals surface area contributed by atoms with Gasteiger partial charge in [0.25, 0.3) is 5.91 Å². The summed E-state index contributed by atoms with van der Waals surface area (Å²) < 4.78 is 56.4. The number of hydrogen-bond donors (Lipinski definition) is 1. The number of ether oxygens (including phenoxy) is 1. The van der Waals surface area contributed by atoms with Gasteiger partial charge in [0, 0.05) is 0 Å². The molecule has 2 aromatic carbocycles. The summed E-state index contributed by atoms with van der Waals surface area (Å²) in [6.07, 6.45) is -4.58. The molecule has 0 saturated heterocycles. The molecule has 0 unspecified atom stereocenters. The number of anilines is 1. The van der Waals surface area contributed by atoms with Crippen molar-refractivity contribution in [2.24, 2.45) is 0 Å². The molecule has 7 heteroatoms. The van der Waals surface area contributed by atoms with E-state index in [0.29, 0.717) is 0 Å². The summed E-state index contributed by atoms with van der Waals surface area (Å²) in [7, 11) is 0. The lowest BCUT2D eigenvalue weighted by Crippen LogP contribution is -2.21. The molecule has 0 atom stereocenters. The molecule has 22 heavy (non-hydrogen) atoms. The Morgan fingerprint density at radius 1 is 1.05 bits per heavy atom. The molecule has 3 nitrogen and oxygen atoms in total. The topological polar surface area (TPSA) is 38.3 Å². The van der Waals surface area contributed by atoms with Crippen molar-refractivity contribution in [1.29, 1.82) is 0 Å². The highest BCUT2D eigenvalue weighted by Gasteiger charge is 2.34. The number of carbonyl (C=O) groups excluding carboxylic acids is 1. The Hall–Kier alpha value is -2.57. The number of amides is 1. The Morgan fingerprint density at radius 2 is 1.68 bits per heavy atom. The van der Waals surface area contributed by atoms with Crippen LogP contribution in [0.15, 0.2) is 48.5 Å². The highest BCUT2D eigenvalue weighted by atomic mass is 19.4. The van der Waals surface area contributed by atoms with E-state index in [1.165, 1.54) is 30.3 Å². The number of carbonyl (C=O) groups is 1. The van der Waals surface area contributed by atoms with E-state index in [0.717, 1.165) is 18.2 Å². The quantitative estimate of drug-likeness (QED) is 0.870. The van der Waals surface area contributed by atoms with E-state index in [4.69, 9.17) is 4.74 Å². The first kappa shape index (κ1) is 15.8. The van der Waals surface area contributed by atoms with Crippen LogP contribution < -0.4 is 10.1 Å². The van der Waals surface area contributed by atoms with Gasteiger partial charge in [0.15, 0.2) is 6.61 Å². The lowest BCUT2D eigenvalue weighted by atomic mass is 10.2. The molecule has 0 bridgehead atoms. The average molecular weight is 313 g/mol. The highest BCUT2D eigenvalue weighted by Crippen LogP contribution is 2.35. The summed E-state index contributed by atoms with van der Waals surface area (Å²) in [5, 5.41) is 2.22. The molecule has 0 spiro atoms. The Kier molecular flexibility index (Phi) is 4.65. The predicted molar refractivity (Wildman–Crippen MR) is 72.0 cm³/mol. The maximum absolute atomic E-state index is 13.3. The number of halogens is 4. The predicted octanol–water partition coefficient (Wildman–Crippen LogP) is 3.86. The van der Waals surface area contributed by atoms with Crippen LogP contribution in [-0.2, 0) is 11.0 Å². The molecule has 0 aliphatic carbocycles. The van der Waals surface area contributed by atoms with Crippen LogP contribution in [0, 0.1) is 5.82 Å². The summed E-state index contributed by atoms with van der Waals surface area (Å²) >= 11 is 0. The fraction of sp³-hybridized carbons (Fsp3) is 0.133. The lowest BCUT2D eigenvalue weighted by Gasteiger charge is -2.13.